The molecule has 4 nitrogen and oxygen atoms in total. The highest BCUT2D eigenvalue weighted by Crippen LogP contribution is 2.27. The number of sulfonamides is 1. The molecule has 1 saturated carbocycles. The van der Waals surface area contributed by atoms with E-state index in [0.717, 1.165) is 31.2 Å². The monoisotopic (exact) mass is 311 g/mol. The minimum atomic E-state index is -3.34. The molecule has 0 amide bonds. The number of hydrogen-bond donors (Lipinski definition) is 1. The number of benzene rings is 1. The predicted molar refractivity (Wildman–Crippen MR) is 84.7 cm³/mol. The number of hydrogen-bond acceptors (Lipinski definition) is 3. The quantitative estimate of drug-likeness (QED) is 0.841. The van der Waals surface area contributed by atoms with Gasteiger partial charge in [-0.25, -0.2) is 8.42 Å². The SMILES string of the molecule is CC(CS(=O)(=O)N(CCO)C1CCCC1)c1ccccc1. The third kappa shape index (κ3) is 4.28. The Kier molecular flexibility index (Phi) is 5.79. The molecule has 1 aromatic carbocycles. The summed E-state index contributed by atoms with van der Waals surface area (Å²) in [4.78, 5) is 0. The molecule has 1 fully saturated rings. The maximum Gasteiger partial charge on any atom is 0.215 e. The first-order valence-corrected chi connectivity index (χ1v) is 9.31. The average Bonchev–Trinajstić information content (AvgIpc) is 2.98. The van der Waals surface area contributed by atoms with Gasteiger partial charge in [0.2, 0.25) is 10.0 Å². The van der Waals surface area contributed by atoms with E-state index in [-0.39, 0.29) is 30.9 Å². The molecule has 0 saturated heterocycles. The molecule has 1 aromatic rings. The van der Waals surface area contributed by atoms with Crippen LogP contribution in [0.4, 0.5) is 0 Å². The molecule has 1 unspecified atom stereocenters. The minimum absolute atomic E-state index is 0.0428. The van der Waals surface area contributed by atoms with E-state index in [4.69, 9.17) is 0 Å². The molecular weight excluding hydrogens is 286 g/mol. The van der Waals surface area contributed by atoms with E-state index in [1.807, 2.05) is 37.3 Å². The fraction of sp³-hybridized carbons (Fsp3) is 0.625. The van der Waals surface area contributed by atoms with Crippen molar-refractivity contribution in [3.05, 3.63) is 35.9 Å². The van der Waals surface area contributed by atoms with E-state index in [2.05, 4.69) is 0 Å². The third-order valence-electron chi connectivity index (χ3n) is 4.24. The summed E-state index contributed by atoms with van der Waals surface area (Å²) in [5.74, 6) is 0.0619. The summed E-state index contributed by atoms with van der Waals surface area (Å²) in [6.07, 6.45) is 3.99. The van der Waals surface area contributed by atoms with E-state index in [9.17, 15) is 13.5 Å². The lowest BCUT2D eigenvalue weighted by molar-refractivity contribution is 0.226. The highest BCUT2D eigenvalue weighted by molar-refractivity contribution is 7.89. The lowest BCUT2D eigenvalue weighted by Gasteiger charge is -2.28. The van der Waals surface area contributed by atoms with Crippen molar-refractivity contribution < 1.29 is 13.5 Å². The Morgan fingerprint density at radius 2 is 1.86 bits per heavy atom. The molecule has 2 rings (SSSR count). The van der Waals surface area contributed by atoms with E-state index in [1.54, 1.807) is 4.31 Å². The highest BCUT2D eigenvalue weighted by Gasteiger charge is 2.32. The van der Waals surface area contributed by atoms with Gasteiger partial charge in [0.1, 0.15) is 0 Å². The van der Waals surface area contributed by atoms with Gasteiger partial charge in [0.15, 0.2) is 0 Å². The van der Waals surface area contributed by atoms with Crippen LogP contribution < -0.4 is 0 Å². The smallest absolute Gasteiger partial charge is 0.215 e. The summed E-state index contributed by atoms with van der Waals surface area (Å²) in [6, 6.07) is 9.80. The van der Waals surface area contributed by atoms with E-state index >= 15 is 0 Å². The van der Waals surface area contributed by atoms with E-state index in [0.29, 0.717) is 0 Å². The van der Waals surface area contributed by atoms with Crippen LogP contribution in [0.15, 0.2) is 30.3 Å². The fourth-order valence-corrected chi connectivity index (χ4v) is 5.17. The summed E-state index contributed by atoms with van der Waals surface area (Å²) in [6.45, 7) is 2.04. The van der Waals surface area contributed by atoms with Crippen LogP contribution in [0.3, 0.4) is 0 Å². The van der Waals surface area contributed by atoms with Gasteiger partial charge in [-0.05, 0) is 24.3 Å². The van der Waals surface area contributed by atoms with Crippen LogP contribution in [-0.4, -0.2) is 42.8 Å². The molecular formula is C16H25NO3S. The zero-order chi connectivity index (χ0) is 15.3. The third-order valence-corrected chi connectivity index (χ3v) is 6.36. The van der Waals surface area contributed by atoms with E-state index in [1.165, 1.54) is 0 Å². The maximum absolute atomic E-state index is 12.7. The van der Waals surface area contributed by atoms with Gasteiger partial charge >= 0.3 is 0 Å². The molecule has 21 heavy (non-hydrogen) atoms. The van der Waals surface area contributed by atoms with Crippen molar-refractivity contribution in [3.63, 3.8) is 0 Å². The Balaban J connectivity index is 2.11. The van der Waals surface area contributed by atoms with Crippen LogP contribution in [0.5, 0.6) is 0 Å². The molecule has 0 aromatic heterocycles. The lowest BCUT2D eigenvalue weighted by atomic mass is 10.0. The second-order valence-corrected chi connectivity index (χ2v) is 7.83. The van der Waals surface area contributed by atoms with Crippen LogP contribution in [0, 0.1) is 0 Å². The standard InChI is InChI=1S/C16H25NO3S/c1-14(15-7-3-2-4-8-15)13-21(19,20)17(11-12-18)16-9-5-6-10-16/h2-4,7-8,14,16,18H,5-6,9-13H2,1H3. The molecule has 0 heterocycles. The first-order chi connectivity index (χ1) is 10.0. The largest absolute Gasteiger partial charge is 0.395 e. The Morgan fingerprint density at radius 3 is 2.43 bits per heavy atom. The number of nitrogens with zero attached hydrogens (tertiary/aromatic N) is 1. The minimum Gasteiger partial charge on any atom is -0.395 e. The van der Waals surface area contributed by atoms with Crippen LogP contribution in [0.1, 0.15) is 44.1 Å². The molecule has 0 radical (unpaired) electrons. The zero-order valence-corrected chi connectivity index (χ0v) is 13.4. The Hall–Kier alpha value is -0.910. The predicted octanol–water partition coefficient (Wildman–Crippen LogP) is 2.36. The van der Waals surface area contributed by atoms with Crippen molar-refractivity contribution in [2.45, 2.75) is 44.6 Å². The lowest BCUT2D eigenvalue weighted by Crippen LogP contribution is -2.42. The second-order valence-electron chi connectivity index (χ2n) is 5.86. The van der Waals surface area contributed by atoms with Crippen LogP contribution in [0.25, 0.3) is 0 Å². The van der Waals surface area contributed by atoms with Gasteiger partial charge in [-0.15, -0.1) is 0 Å². The molecule has 0 spiro atoms. The van der Waals surface area contributed by atoms with Crippen molar-refractivity contribution in [1.29, 1.82) is 0 Å². The van der Waals surface area contributed by atoms with Gasteiger partial charge in [-0.3, -0.25) is 0 Å². The molecule has 1 aliphatic rings. The fourth-order valence-electron chi connectivity index (χ4n) is 3.13. The first-order valence-electron chi connectivity index (χ1n) is 7.70. The van der Waals surface area contributed by atoms with Crippen molar-refractivity contribution >= 4 is 10.0 Å². The van der Waals surface area contributed by atoms with Crippen LogP contribution >= 0.6 is 0 Å². The second kappa shape index (κ2) is 7.38. The Bertz CT molecular complexity index is 524. The molecule has 1 aliphatic carbocycles. The van der Waals surface area contributed by atoms with E-state index < -0.39 is 10.0 Å². The first kappa shape index (κ1) is 16.5. The summed E-state index contributed by atoms with van der Waals surface area (Å²) >= 11 is 0. The van der Waals surface area contributed by atoms with Gasteiger partial charge in [0.05, 0.1) is 12.4 Å². The van der Waals surface area contributed by atoms with Gasteiger partial charge in [-0.2, -0.15) is 4.31 Å². The van der Waals surface area contributed by atoms with Crippen molar-refractivity contribution in [2.24, 2.45) is 0 Å². The molecule has 0 aliphatic heterocycles. The summed E-state index contributed by atoms with van der Waals surface area (Å²) in [5.41, 5.74) is 1.04. The average molecular weight is 311 g/mol. The normalized spacial score (nSPS) is 18.2. The molecule has 118 valence electrons. The van der Waals surface area contributed by atoms with Crippen molar-refractivity contribution in [1.82, 2.24) is 4.31 Å². The zero-order valence-electron chi connectivity index (χ0n) is 12.6. The number of aliphatic hydroxyl groups is 1. The summed E-state index contributed by atoms with van der Waals surface area (Å²) in [5, 5.41) is 9.21. The van der Waals surface area contributed by atoms with Crippen molar-refractivity contribution in [3.8, 4) is 0 Å². The molecule has 0 bridgehead atoms. The maximum atomic E-state index is 12.7. The Labute approximate surface area is 127 Å². The van der Waals surface area contributed by atoms with Crippen molar-refractivity contribution in [2.75, 3.05) is 18.9 Å². The summed E-state index contributed by atoms with van der Waals surface area (Å²) < 4.78 is 27.0. The van der Waals surface area contributed by atoms with Gasteiger partial charge < -0.3 is 5.11 Å². The van der Waals surface area contributed by atoms with Crippen LogP contribution in [0.2, 0.25) is 0 Å². The Morgan fingerprint density at radius 1 is 1.24 bits per heavy atom. The number of rotatable bonds is 7. The molecule has 1 N–H and O–H groups in total. The molecule has 5 heteroatoms. The molecule has 1 atom stereocenters. The highest BCUT2D eigenvalue weighted by atomic mass is 32.2. The van der Waals surface area contributed by atoms with Gasteiger partial charge in [0, 0.05) is 12.6 Å². The summed E-state index contributed by atoms with van der Waals surface area (Å²) in [7, 11) is -3.34. The van der Waals surface area contributed by atoms with Gasteiger partial charge in [-0.1, -0.05) is 50.1 Å². The topological polar surface area (TPSA) is 57.6 Å². The van der Waals surface area contributed by atoms with Gasteiger partial charge in [0.25, 0.3) is 0 Å². The van der Waals surface area contributed by atoms with Crippen LogP contribution in [-0.2, 0) is 10.0 Å². The number of aliphatic hydroxyl groups excluding tert-OH is 1.